The molecule has 1 aromatic heterocycles. The van der Waals surface area contributed by atoms with E-state index in [1.807, 2.05) is 19.1 Å². The van der Waals surface area contributed by atoms with Gasteiger partial charge < -0.3 is 26.8 Å². The second-order valence-corrected chi connectivity index (χ2v) is 8.37. The number of hydrogen-bond acceptors (Lipinski definition) is 6. The topological polar surface area (TPSA) is 176 Å². The largest absolute Gasteiger partial charge is 0.481 e. The van der Waals surface area contributed by atoms with E-state index in [0.29, 0.717) is 22.5 Å². The van der Waals surface area contributed by atoms with E-state index < -0.39 is 23.9 Å². The minimum absolute atomic E-state index is 0.0318. The Morgan fingerprint density at radius 3 is 2.23 bits per heavy atom. The Hall–Kier alpha value is -4.45. The SMILES string of the molecule is Cc1ccc(NC(=O)Nc2ccc(-c3nsc(NC(=O)NCCC(=O)O)c3C(N)=O)c(C)c2)cc1. The number of aryl methyl sites for hydroxylation is 2. The van der Waals surface area contributed by atoms with Gasteiger partial charge in [0, 0.05) is 23.5 Å². The van der Waals surface area contributed by atoms with Crippen LogP contribution in [0.25, 0.3) is 11.3 Å². The Bertz CT molecular complexity index is 1270. The summed E-state index contributed by atoms with van der Waals surface area (Å²) in [7, 11) is 0. The molecule has 0 saturated carbocycles. The molecule has 0 aliphatic carbocycles. The highest BCUT2D eigenvalue weighted by Gasteiger charge is 2.23. The number of primary amides is 1. The summed E-state index contributed by atoms with van der Waals surface area (Å²) in [6.07, 6.45) is -0.243. The number of carbonyl (C=O) groups is 4. The van der Waals surface area contributed by atoms with Crippen molar-refractivity contribution in [2.75, 3.05) is 22.5 Å². The van der Waals surface area contributed by atoms with Crippen molar-refractivity contribution in [3.8, 4) is 11.3 Å². The van der Waals surface area contributed by atoms with Crippen LogP contribution in [0.15, 0.2) is 42.5 Å². The fourth-order valence-corrected chi connectivity index (χ4v) is 3.95. The highest BCUT2D eigenvalue weighted by atomic mass is 32.1. The molecule has 0 spiro atoms. The Morgan fingerprint density at radius 1 is 0.943 bits per heavy atom. The van der Waals surface area contributed by atoms with Crippen LogP contribution in [0, 0.1) is 13.8 Å². The van der Waals surface area contributed by atoms with Gasteiger partial charge in [0.1, 0.15) is 10.6 Å². The van der Waals surface area contributed by atoms with Crippen molar-refractivity contribution >= 4 is 51.8 Å². The van der Waals surface area contributed by atoms with Gasteiger partial charge in [-0.25, -0.2) is 9.59 Å². The Labute approximate surface area is 204 Å². The van der Waals surface area contributed by atoms with Crippen LogP contribution in [0.4, 0.5) is 26.0 Å². The molecule has 0 bridgehead atoms. The summed E-state index contributed by atoms with van der Waals surface area (Å²) in [5, 5.41) is 19.2. The zero-order chi connectivity index (χ0) is 25.5. The molecule has 7 N–H and O–H groups in total. The number of nitrogens with two attached hydrogens (primary N) is 1. The summed E-state index contributed by atoms with van der Waals surface area (Å²) in [6, 6.07) is 11.4. The smallest absolute Gasteiger partial charge is 0.323 e. The van der Waals surface area contributed by atoms with Gasteiger partial charge in [0.05, 0.1) is 12.1 Å². The van der Waals surface area contributed by atoms with Crippen LogP contribution in [0.2, 0.25) is 0 Å². The van der Waals surface area contributed by atoms with Crippen LogP contribution in [0.1, 0.15) is 27.9 Å². The maximum absolute atomic E-state index is 12.3. The lowest BCUT2D eigenvalue weighted by atomic mass is 10.0. The highest BCUT2D eigenvalue weighted by molar-refractivity contribution is 7.11. The van der Waals surface area contributed by atoms with Crippen LogP contribution in [0.3, 0.4) is 0 Å². The van der Waals surface area contributed by atoms with E-state index in [0.717, 1.165) is 17.1 Å². The first-order chi connectivity index (χ1) is 16.6. The number of amides is 5. The van der Waals surface area contributed by atoms with Gasteiger partial charge in [0.25, 0.3) is 5.91 Å². The first-order valence-corrected chi connectivity index (χ1v) is 11.2. The molecular weight excluding hydrogens is 472 g/mol. The number of aliphatic carboxylic acids is 1. The monoisotopic (exact) mass is 496 g/mol. The van der Waals surface area contributed by atoms with Gasteiger partial charge in [-0.15, -0.1) is 0 Å². The van der Waals surface area contributed by atoms with Gasteiger partial charge in [0.15, 0.2) is 0 Å². The Kier molecular flexibility index (Phi) is 8.00. The van der Waals surface area contributed by atoms with Crippen molar-refractivity contribution in [2.24, 2.45) is 5.73 Å². The van der Waals surface area contributed by atoms with E-state index in [1.54, 1.807) is 37.3 Å². The minimum Gasteiger partial charge on any atom is -0.481 e. The van der Waals surface area contributed by atoms with Gasteiger partial charge >= 0.3 is 18.0 Å². The predicted octanol–water partition coefficient (Wildman–Crippen LogP) is 3.77. The molecule has 5 amide bonds. The molecule has 0 aliphatic rings. The second-order valence-electron chi connectivity index (χ2n) is 7.60. The van der Waals surface area contributed by atoms with Crippen molar-refractivity contribution in [3.05, 3.63) is 59.2 Å². The molecule has 35 heavy (non-hydrogen) atoms. The zero-order valence-electron chi connectivity index (χ0n) is 19.0. The molecule has 1 heterocycles. The molecule has 2 aromatic carbocycles. The van der Waals surface area contributed by atoms with Crippen molar-refractivity contribution in [3.63, 3.8) is 0 Å². The van der Waals surface area contributed by atoms with E-state index >= 15 is 0 Å². The molecule has 12 heteroatoms. The van der Waals surface area contributed by atoms with E-state index in [-0.39, 0.29) is 29.2 Å². The summed E-state index contributed by atoms with van der Waals surface area (Å²) in [4.78, 5) is 47.1. The number of benzene rings is 2. The van der Waals surface area contributed by atoms with E-state index in [1.165, 1.54) is 0 Å². The third-order valence-electron chi connectivity index (χ3n) is 4.84. The van der Waals surface area contributed by atoms with E-state index in [4.69, 9.17) is 10.8 Å². The summed E-state index contributed by atoms with van der Waals surface area (Å²) < 4.78 is 4.29. The Morgan fingerprint density at radius 2 is 1.60 bits per heavy atom. The van der Waals surface area contributed by atoms with Crippen LogP contribution >= 0.6 is 11.5 Å². The number of carboxylic acid groups (broad SMARTS) is 1. The molecule has 0 unspecified atom stereocenters. The third kappa shape index (κ3) is 6.77. The third-order valence-corrected chi connectivity index (χ3v) is 5.60. The maximum atomic E-state index is 12.3. The zero-order valence-corrected chi connectivity index (χ0v) is 19.8. The molecule has 0 radical (unpaired) electrons. The fraction of sp³-hybridized carbons (Fsp3) is 0.174. The number of anilines is 3. The lowest BCUT2D eigenvalue weighted by Crippen LogP contribution is -2.31. The average Bonchev–Trinajstić information content (AvgIpc) is 3.18. The van der Waals surface area contributed by atoms with Crippen LogP contribution in [-0.2, 0) is 4.79 Å². The quantitative estimate of drug-likeness (QED) is 0.277. The molecular formula is C23H24N6O5S. The molecule has 0 fully saturated rings. The van der Waals surface area contributed by atoms with Gasteiger partial charge in [-0.1, -0.05) is 23.8 Å². The van der Waals surface area contributed by atoms with Gasteiger partial charge in [-0.05, 0) is 55.2 Å². The fourth-order valence-electron chi connectivity index (χ4n) is 3.16. The number of nitrogens with one attached hydrogen (secondary N) is 4. The molecule has 3 aromatic rings. The van der Waals surface area contributed by atoms with E-state index in [9.17, 15) is 19.2 Å². The predicted molar refractivity (Wildman–Crippen MR) is 134 cm³/mol. The number of nitrogens with zero attached hydrogens (tertiary/aromatic N) is 1. The summed E-state index contributed by atoms with van der Waals surface area (Å²) in [5.74, 6) is -1.84. The number of carbonyl (C=O) groups excluding carboxylic acids is 3. The van der Waals surface area contributed by atoms with Crippen molar-refractivity contribution in [1.29, 1.82) is 0 Å². The normalized spacial score (nSPS) is 10.3. The van der Waals surface area contributed by atoms with Crippen LogP contribution < -0.4 is 27.0 Å². The van der Waals surface area contributed by atoms with E-state index in [2.05, 4.69) is 25.6 Å². The Balaban J connectivity index is 1.74. The lowest BCUT2D eigenvalue weighted by molar-refractivity contribution is -0.136. The molecule has 0 aliphatic heterocycles. The molecule has 0 atom stereocenters. The highest BCUT2D eigenvalue weighted by Crippen LogP contribution is 2.34. The van der Waals surface area contributed by atoms with Gasteiger partial charge in [-0.3, -0.25) is 14.9 Å². The first-order valence-electron chi connectivity index (χ1n) is 10.5. The van der Waals surface area contributed by atoms with Crippen molar-refractivity contribution in [2.45, 2.75) is 20.3 Å². The standard InChI is InChI=1S/C23H24N6O5S/c1-12-3-5-14(6-4-12)26-23(34)27-15-7-8-16(13(2)11-15)19-18(20(24)32)21(35-29-19)28-22(33)25-10-9-17(30)31/h3-8,11H,9-10H2,1-2H3,(H2,24,32)(H,30,31)(H2,25,28,33)(H2,26,27,34). The van der Waals surface area contributed by atoms with Gasteiger partial charge in [-0.2, -0.15) is 4.37 Å². The number of carboxylic acids is 1. The number of urea groups is 2. The van der Waals surface area contributed by atoms with Crippen molar-refractivity contribution in [1.82, 2.24) is 9.69 Å². The molecule has 182 valence electrons. The van der Waals surface area contributed by atoms with Crippen LogP contribution in [-0.4, -0.2) is 40.0 Å². The number of hydrogen-bond donors (Lipinski definition) is 6. The lowest BCUT2D eigenvalue weighted by Gasteiger charge is -2.11. The molecule has 0 saturated heterocycles. The van der Waals surface area contributed by atoms with Crippen LogP contribution in [0.5, 0.6) is 0 Å². The summed E-state index contributed by atoms with van der Waals surface area (Å²) in [5.41, 5.74) is 9.45. The van der Waals surface area contributed by atoms with Crippen molar-refractivity contribution < 1.29 is 24.3 Å². The molecule has 11 nitrogen and oxygen atoms in total. The first kappa shape index (κ1) is 25.2. The molecule has 3 rings (SSSR count). The minimum atomic E-state index is -1.05. The maximum Gasteiger partial charge on any atom is 0.323 e. The number of aromatic nitrogens is 1. The summed E-state index contributed by atoms with van der Waals surface area (Å²) in [6.45, 7) is 3.66. The second kappa shape index (κ2) is 11.1. The van der Waals surface area contributed by atoms with Gasteiger partial charge in [0.2, 0.25) is 0 Å². The number of rotatable bonds is 8. The summed E-state index contributed by atoms with van der Waals surface area (Å²) >= 11 is 0.874. The average molecular weight is 497 g/mol.